The highest BCUT2D eigenvalue weighted by atomic mass is 32.2. The first kappa shape index (κ1) is 20.9. The zero-order valence-electron chi connectivity index (χ0n) is 16.8. The monoisotopic (exact) mass is 458 g/mol. The second kappa shape index (κ2) is 10.1. The Hall–Kier alpha value is -2.36. The number of methoxy groups -OCH3 is 1. The number of nitrogens with zero attached hydrogens (tertiary/aromatic N) is 4. The highest BCUT2D eigenvalue weighted by Crippen LogP contribution is 2.34. The van der Waals surface area contributed by atoms with Gasteiger partial charge in [0.1, 0.15) is 11.3 Å². The molecule has 9 heteroatoms. The number of thiophene rings is 1. The molecule has 0 spiro atoms. The van der Waals surface area contributed by atoms with Gasteiger partial charge in [0.05, 0.1) is 19.4 Å². The second-order valence-corrected chi connectivity index (χ2v) is 9.20. The van der Waals surface area contributed by atoms with Crippen molar-refractivity contribution in [3.63, 3.8) is 0 Å². The first-order valence-electron chi connectivity index (χ1n) is 9.55. The fourth-order valence-electron chi connectivity index (χ4n) is 2.91. The van der Waals surface area contributed by atoms with Gasteiger partial charge in [-0.2, -0.15) is 0 Å². The van der Waals surface area contributed by atoms with Gasteiger partial charge in [0.25, 0.3) is 0 Å². The number of hydrogen-bond donors (Lipinski definition) is 0. The van der Waals surface area contributed by atoms with Crippen molar-refractivity contribution in [2.24, 2.45) is 0 Å². The van der Waals surface area contributed by atoms with E-state index in [-0.39, 0.29) is 0 Å². The van der Waals surface area contributed by atoms with E-state index >= 15 is 0 Å². The van der Waals surface area contributed by atoms with E-state index in [4.69, 9.17) is 14.5 Å². The highest BCUT2D eigenvalue weighted by Gasteiger charge is 2.12. The summed E-state index contributed by atoms with van der Waals surface area (Å²) in [5, 5.41) is 14.4. The van der Waals surface area contributed by atoms with Crippen LogP contribution in [0.4, 0.5) is 0 Å². The van der Waals surface area contributed by atoms with Gasteiger partial charge in [-0.05, 0) is 43.0 Å². The Balaban J connectivity index is 1.39. The van der Waals surface area contributed by atoms with Gasteiger partial charge in [-0.1, -0.05) is 17.8 Å². The molecule has 4 rings (SSSR count). The summed E-state index contributed by atoms with van der Waals surface area (Å²) in [5.74, 6) is 2.22. The van der Waals surface area contributed by atoms with Gasteiger partial charge in [-0.15, -0.1) is 32.9 Å². The van der Waals surface area contributed by atoms with E-state index in [1.54, 1.807) is 47.9 Å². The Bertz CT molecular complexity index is 1080. The molecule has 0 radical (unpaired) electrons. The Kier molecular flexibility index (Phi) is 7.03. The number of rotatable bonds is 10. The average Bonchev–Trinajstić information content (AvgIpc) is 3.53. The fraction of sp³-hybridized carbons (Fsp3) is 0.286. The third kappa shape index (κ3) is 5.03. The molecular weight excluding hydrogens is 436 g/mol. The number of benzene rings is 1. The van der Waals surface area contributed by atoms with Crippen LogP contribution in [-0.2, 0) is 18.7 Å². The molecule has 0 amide bonds. The van der Waals surface area contributed by atoms with Gasteiger partial charge in [0, 0.05) is 28.1 Å². The van der Waals surface area contributed by atoms with Gasteiger partial charge in [0.2, 0.25) is 0 Å². The molecule has 0 atom stereocenters. The maximum atomic E-state index is 5.60. The van der Waals surface area contributed by atoms with Crippen molar-refractivity contribution in [1.29, 1.82) is 0 Å². The molecule has 0 fully saturated rings. The average molecular weight is 459 g/mol. The molecule has 4 aromatic rings. The van der Waals surface area contributed by atoms with Crippen molar-refractivity contribution in [3.8, 4) is 22.1 Å². The Morgan fingerprint density at radius 2 is 2.10 bits per heavy atom. The first-order chi connectivity index (χ1) is 14.8. The molecule has 0 unspecified atom stereocenters. The van der Waals surface area contributed by atoms with Gasteiger partial charge in [-0.3, -0.25) is 0 Å². The van der Waals surface area contributed by atoms with E-state index in [1.807, 2.05) is 25.1 Å². The van der Waals surface area contributed by atoms with Crippen molar-refractivity contribution in [2.75, 3.05) is 13.7 Å². The molecule has 6 nitrogen and oxygen atoms in total. The fourth-order valence-corrected chi connectivity index (χ4v) is 5.37. The summed E-state index contributed by atoms with van der Waals surface area (Å²) < 4.78 is 13.2. The van der Waals surface area contributed by atoms with E-state index in [0.29, 0.717) is 6.61 Å². The maximum Gasteiger partial charge on any atom is 0.191 e. The molecule has 0 N–H and O–H groups in total. The Labute approximate surface area is 187 Å². The lowest BCUT2D eigenvalue weighted by molar-refractivity contribution is 0.311. The number of aromatic nitrogens is 4. The molecule has 0 aliphatic rings. The quantitative estimate of drug-likeness (QED) is 0.296. The zero-order chi connectivity index (χ0) is 20.8. The van der Waals surface area contributed by atoms with Crippen LogP contribution in [0.25, 0.3) is 10.6 Å². The smallest absolute Gasteiger partial charge is 0.191 e. The van der Waals surface area contributed by atoms with E-state index < -0.39 is 0 Å². The van der Waals surface area contributed by atoms with Crippen molar-refractivity contribution >= 4 is 34.4 Å². The van der Waals surface area contributed by atoms with Crippen LogP contribution in [-0.4, -0.2) is 33.5 Å². The molecule has 0 saturated heterocycles. The normalized spacial score (nSPS) is 11.0. The third-order valence-electron chi connectivity index (χ3n) is 4.37. The largest absolute Gasteiger partial charge is 0.493 e. The first-order valence-corrected chi connectivity index (χ1v) is 12.3. The summed E-state index contributed by atoms with van der Waals surface area (Å²) in [5.41, 5.74) is 2.05. The van der Waals surface area contributed by atoms with Crippen LogP contribution in [0.2, 0.25) is 0 Å². The number of hydrogen-bond acceptors (Lipinski definition) is 8. The molecule has 3 heterocycles. The molecule has 3 aromatic heterocycles. The maximum absolute atomic E-state index is 5.60. The van der Waals surface area contributed by atoms with E-state index in [0.717, 1.165) is 51.6 Å². The van der Waals surface area contributed by atoms with E-state index in [2.05, 4.69) is 37.7 Å². The summed E-state index contributed by atoms with van der Waals surface area (Å²) in [6.45, 7) is 3.44. The summed E-state index contributed by atoms with van der Waals surface area (Å²) in [7, 11) is 1.65. The van der Waals surface area contributed by atoms with Crippen molar-refractivity contribution < 1.29 is 9.47 Å². The van der Waals surface area contributed by atoms with Gasteiger partial charge in [-0.25, -0.2) is 4.98 Å². The summed E-state index contributed by atoms with van der Waals surface area (Å²) in [6.07, 6.45) is 2.79. The van der Waals surface area contributed by atoms with Crippen LogP contribution in [0.1, 0.15) is 17.5 Å². The Morgan fingerprint density at radius 1 is 1.17 bits per heavy atom. The molecule has 0 aliphatic carbocycles. The number of ether oxygens (including phenoxy) is 2. The van der Waals surface area contributed by atoms with E-state index in [1.165, 1.54) is 4.88 Å². The lowest BCUT2D eigenvalue weighted by Gasteiger charge is -2.09. The van der Waals surface area contributed by atoms with Gasteiger partial charge in [0.15, 0.2) is 16.7 Å². The van der Waals surface area contributed by atoms with Crippen LogP contribution in [0.3, 0.4) is 0 Å². The number of thioether (sulfide) groups is 1. The van der Waals surface area contributed by atoms with Crippen LogP contribution >= 0.6 is 34.4 Å². The summed E-state index contributed by atoms with van der Waals surface area (Å²) >= 11 is 5.07. The highest BCUT2D eigenvalue weighted by molar-refractivity contribution is 7.98. The molecular formula is C21H22N4O2S3. The Morgan fingerprint density at radius 3 is 2.90 bits per heavy atom. The molecule has 0 saturated carbocycles. The molecule has 0 bridgehead atoms. The van der Waals surface area contributed by atoms with Crippen LogP contribution < -0.4 is 9.47 Å². The van der Waals surface area contributed by atoms with Gasteiger partial charge >= 0.3 is 0 Å². The lowest BCUT2D eigenvalue weighted by atomic mass is 10.2. The molecule has 0 aliphatic heterocycles. The van der Waals surface area contributed by atoms with Crippen LogP contribution in [0.5, 0.6) is 11.5 Å². The summed E-state index contributed by atoms with van der Waals surface area (Å²) in [4.78, 5) is 6.16. The van der Waals surface area contributed by atoms with Crippen molar-refractivity contribution in [1.82, 2.24) is 19.7 Å². The minimum Gasteiger partial charge on any atom is -0.493 e. The topological polar surface area (TPSA) is 62.1 Å². The lowest BCUT2D eigenvalue weighted by Crippen LogP contribution is -2.01. The molecule has 1 aromatic carbocycles. The van der Waals surface area contributed by atoms with E-state index in [9.17, 15) is 0 Å². The van der Waals surface area contributed by atoms with Crippen LogP contribution in [0, 0.1) is 0 Å². The SMILES string of the molecule is CCOc1ccc(-c2nc(CSc3nncn3CCc3cccs3)cs2)cc1OC. The zero-order valence-corrected chi connectivity index (χ0v) is 19.2. The molecule has 30 heavy (non-hydrogen) atoms. The van der Waals surface area contributed by atoms with Crippen LogP contribution in [0.15, 0.2) is 52.6 Å². The van der Waals surface area contributed by atoms with Gasteiger partial charge < -0.3 is 14.0 Å². The summed E-state index contributed by atoms with van der Waals surface area (Å²) in [6, 6.07) is 10.2. The third-order valence-corrected chi connectivity index (χ3v) is 7.26. The number of thiazole rings is 1. The molecule has 156 valence electrons. The van der Waals surface area contributed by atoms with Crippen molar-refractivity contribution in [2.45, 2.75) is 30.8 Å². The standard InChI is InChI=1S/C21H22N4O2S3/c1-3-27-18-7-6-15(11-19(18)26-2)20-23-16(12-29-20)13-30-21-24-22-14-25(21)9-8-17-5-4-10-28-17/h4-7,10-12,14H,3,8-9,13H2,1-2H3. The van der Waals surface area contributed by atoms with Crippen molar-refractivity contribution in [3.05, 3.63) is 58.0 Å². The minimum absolute atomic E-state index is 0.603. The predicted octanol–water partition coefficient (Wildman–Crippen LogP) is 5.41. The number of aryl methyl sites for hydroxylation is 2. The minimum atomic E-state index is 0.603. The second-order valence-electron chi connectivity index (χ2n) is 6.37. The predicted molar refractivity (Wildman–Crippen MR) is 123 cm³/mol.